The Morgan fingerprint density at radius 1 is 1.47 bits per heavy atom. The molecule has 94 valence electrons. The van der Waals surface area contributed by atoms with Gasteiger partial charge in [-0.1, -0.05) is 6.42 Å². The highest BCUT2D eigenvalue weighted by Gasteiger charge is 2.16. The Labute approximate surface area is 126 Å². The highest BCUT2D eigenvalue weighted by molar-refractivity contribution is 9.13. The molecule has 0 saturated carbocycles. The van der Waals surface area contributed by atoms with E-state index in [0.29, 0.717) is 5.25 Å². The molecule has 2 nitrogen and oxygen atoms in total. The van der Waals surface area contributed by atoms with Crippen molar-refractivity contribution in [1.29, 1.82) is 0 Å². The normalized spacial score (nSPS) is 20.2. The van der Waals surface area contributed by atoms with E-state index in [0.717, 1.165) is 19.7 Å². The number of rotatable bonds is 3. The lowest BCUT2D eigenvalue weighted by Gasteiger charge is -2.21. The minimum Gasteiger partial charge on any atom is -0.350 e. The van der Waals surface area contributed by atoms with Crippen molar-refractivity contribution in [2.75, 3.05) is 12.3 Å². The van der Waals surface area contributed by atoms with E-state index in [1.54, 1.807) is 0 Å². The van der Waals surface area contributed by atoms with Crippen molar-refractivity contribution in [3.8, 4) is 0 Å². The van der Waals surface area contributed by atoms with Crippen LogP contribution in [0.3, 0.4) is 0 Å². The van der Waals surface area contributed by atoms with Crippen LogP contribution in [-0.4, -0.2) is 23.5 Å². The Morgan fingerprint density at radius 3 is 2.88 bits per heavy atom. The predicted octanol–water partition coefficient (Wildman–Crippen LogP) is 4.29. The first-order chi connectivity index (χ1) is 8.16. The summed E-state index contributed by atoms with van der Waals surface area (Å²) in [5.74, 6) is 1.27. The number of carbonyl (C=O) groups excluding carboxylic acids is 1. The van der Waals surface area contributed by atoms with Crippen molar-refractivity contribution >= 4 is 60.9 Å². The van der Waals surface area contributed by atoms with Crippen LogP contribution in [0.1, 0.15) is 28.9 Å². The molecule has 1 aliphatic heterocycles. The number of thioether (sulfide) groups is 1. The molecular formula is C11H13Br2NOS2. The molecule has 1 amide bonds. The summed E-state index contributed by atoms with van der Waals surface area (Å²) in [6.45, 7) is 0.788. The van der Waals surface area contributed by atoms with Crippen LogP contribution in [0.2, 0.25) is 0 Å². The Morgan fingerprint density at radius 2 is 2.29 bits per heavy atom. The minimum atomic E-state index is 0.0348. The Kier molecular flexibility index (Phi) is 5.39. The van der Waals surface area contributed by atoms with Crippen LogP contribution in [-0.2, 0) is 0 Å². The van der Waals surface area contributed by atoms with E-state index >= 15 is 0 Å². The minimum absolute atomic E-state index is 0.0348. The molecule has 1 saturated heterocycles. The van der Waals surface area contributed by atoms with Gasteiger partial charge in [-0.05, 0) is 56.5 Å². The van der Waals surface area contributed by atoms with Crippen molar-refractivity contribution in [2.45, 2.75) is 24.5 Å². The van der Waals surface area contributed by atoms with Gasteiger partial charge in [-0.2, -0.15) is 11.8 Å². The molecule has 1 atom stereocenters. The van der Waals surface area contributed by atoms with Crippen molar-refractivity contribution in [3.05, 3.63) is 19.2 Å². The summed E-state index contributed by atoms with van der Waals surface area (Å²) >= 11 is 10.2. The molecule has 2 heterocycles. The van der Waals surface area contributed by atoms with Crippen LogP contribution in [0.25, 0.3) is 0 Å². The zero-order valence-electron chi connectivity index (χ0n) is 9.17. The number of thiophene rings is 1. The van der Waals surface area contributed by atoms with Gasteiger partial charge in [0.25, 0.3) is 5.91 Å². The Balaban J connectivity index is 1.84. The van der Waals surface area contributed by atoms with Crippen molar-refractivity contribution < 1.29 is 4.79 Å². The third kappa shape index (κ3) is 3.98. The molecule has 1 N–H and O–H groups in total. The molecule has 0 aromatic carbocycles. The molecule has 2 rings (SSSR count). The summed E-state index contributed by atoms with van der Waals surface area (Å²) in [4.78, 5) is 12.7. The smallest absolute Gasteiger partial charge is 0.261 e. The van der Waals surface area contributed by atoms with Gasteiger partial charge >= 0.3 is 0 Å². The highest BCUT2D eigenvalue weighted by atomic mass is 79.9. The summed E-state index contributed by atoms with van der Waals surface area (Å²) in [6, 6.07) is 1.86. The molecule has 17 heavy (non-hydrogen) atoms. The van der Waals surface area contributed by atoms with Gasteiger partial charge in [-0.15, -0.1) is 11.3 Å². The first kappa shape index (κ1) is 13.9. The van der Waals surface area contributed by atoms with Gasteiger partial charge in [-0.3, -0.25) is 4.79 Å². The molecule has 1 aromatic rings. The second kappa shape index (κ2) is 6.59. The lowest BCUT2D eigenvalue weighted by Crippen LogP contribution is -2.31. The van der Waals surface area contributed by atoms with Crippen LogP contribution >= 0.6 is 55.0 Å². The number of amides is 1. The zero-order valence-corrected chi connectivity index (χ0v) is 14.0. The summed E-state index contributed by atoms with van der Waals surface area (Å²) in [6.07, 6.45) is 3.84. The van der Waals surface area contributed by atoms with Crippen molar-refractivity contribution in [3.63, 3.8) is 0 Å². The van der Waals surface area contributed by atoms with Gasteiger partial charge in [-0.25, -0.2) is 0 Å². The van der Waals surface area contributed by atoms with E-state index < -0.39 is 0 Å². The molecule has 1 unspecified atom stereocenters. The van der Waals surface area contributed by atoms with Gasteiger partial charge in [0.2, 0.25) is 0 Å². The molecule has 1 aromatic heterocycles. The summed E-state index contributed by atoms with van der Waals surface area (Å²) in [5, 5.41) is 3.61. The van der Waals surface area contributed by atoms with E-state index in [4.69, 9.17) is 0 Å². The average Bonchev–Trinajstić information content (AvgIpc) is 2.68. The Hall–Kier alpha value is 0.480. The number of nitrogens with one attached hydrogen (secondary N) is 1. The van der Waals surface area contributed by atoms with E-state index in [9.17, 15) is 4.79 Å². The second-order valence-electron chi connectivity index (χ2n) is 3.93. The van der Waals surface area contributed by atoms with Gasteiger partial charge in [0, 0.05) is 16.3 Å². The molecule has 0 aliphatic carbocycles. The average molecular weight is 399 g/mol. The van der Waals surface area contributed by atoms with Crippen LogP contribution in [0.15, 0.2) is 14.3 Å². The molecular weight excluding hydrogens is 386 g/mol. The van der Waals surface area contributed by atoms with Crippen LogP contribution in [0, 0.1) is 0 Å². The SMILES string of the molecule is O=C(NCC1CCCCS1)c1cc(Br)c(Br)s1. The van der Waals surface area contributed by atoms with E-state index in [2.05, 4.69) is 37.2 Å². The summed E-state index contributed by atoms with van der Waals surface area (Å²) in [7, 11) is 0. The van der Waals surface area contributed by atoms with Crippen LogP contribution in [0.5, 0.6) is 0 Å². The number of halogens is 2. The quantitative estimate of drug-likeness (QED) is 0.822. The maximum absolute atomic E-state index is 11.9. The number of hydrogen-bond acceptors (Lipinski definition) is 3. The third-order valence-electron chi connectivity index (χ3n) is 2.63. The Bertz CT molecular complexity index is 383. The standard InChI is InChI=1S/C11H13Br2NOS2/c12-8-5-9(17-10(8)13)11(15)14-6-7-3-1-2-4-16-7/h5,7H,1-4,6H2,(H,14,15). The largest absolute Gasteiger partial charge is 0.350 e. The maximum atomic E-state index is 11.9. The number of hydrogen-bond donors (Lipinski definition) is 1. The lowest BCUT2D eigenvalue weighted by atomic mass is 10.2. The number of carbonyl (C=O) groups is 1. The fraction of sp³-hybridized carbons (Fsp3) is 0.545. The molecule has 1 aliphatic rings. The first-order valence-electron chi connectivity index (χ1n) is 5.51. The van der Waals surface area contributed by atoms with Gasteiger partial charge in [0.05, 0.1) is 8.66 Å². The molecule has 0 spiro atoms. The molecule has 6 heteroatoms. The molecule has 0 radical (unpaired) electrons. The highest BCUT2D eigenvalue weighted by Crippen LogP contribution is 2.32. The van der Waals surface area contributed by atoms with E-state index in [-0.39, 0.29) is 5.91 Å². The maximum Gasteiger partial charge on any atom is 0.261 e. The van der Waals surface area contributed by atoms with Gasteiger partial charge in [0.1, 0.15) is 0 Å². The monoisotopic (exact) mass is 397 g/mol. The fourth-order valence-corrected chi connectivity index (χ4v) is 4.91. The molecule has 1 fully saturated rings. The van der Waals surface area contributed by atoms with E-state index in [1.807, 2.05) is 17.8 Å². The van der Waals surface area contributed by atoms with Gasteiger partial charge < -0.3 is 5.32 Å². The molecule has 0 bridgehead atoms. The lowest BCUT2D eigenvalue weighted by molar-refractivity contribution is 0.0957. The zero-order chi connectivity index (χ0) is 12.3. The topological polar surface area (TPSA) is 29.1 Å². The third-order valence-corrected chi connectivity index (χ3v) is 7.29. The van der Waals surface area contributed by atoms with Crippen LogP contribution in [0.4, 0.5) is 0 Å². The van der Waals surface area contributed by atoms with Crippen molar-refractivity contribution in [1.82, 2.24) is 5.32 Å². The summed E-state index contributed by atoms with van der Waals surface area (Å²) in [5.41, 5.74) is 0. The first-order valence-corrected chi connectivity index (χ1v) is 8.96. The van der Waals surface area contributed by atoms with Crippen molar-refractivity contribution in [2.24, 2.45) is 0 Å². The fourth-order valence-electron chi connectivity index (χ4n) is 1.72. The summed E-state index contributed by atoms with van der Waals surface area (Å²) < 4.78 is 1.91. The predicted molar refractivity (Wildman–Crippen MR) is 82.1 cm³/mol. The van der Waals surface area contributed by atoms with Crippen LogP contribution < -0.4 is 5.32 Å². The van der Waals surface area contributed by atoms with E-state index in [1.165, 1.54) is 36.4 Å². The second-order valence-corrected chi connectivity index (χ2v) is 8.56. The van der Waals surface area contributed by atoms with Gasteiger partial charge in [0.15, 0.2) is 0 Å².